The lowest BCUT2D eigenvalue weighted by Crippen LogP contribution is -2.07. The minimum atomic E-state index is 0.0840. The van der Waals surface area contributed by atoms with Gasteiger partial charge in [0.2, 0.25) is 0 Å². The molecule has 0 saturated heterocycles. The molecule has 0 aliphatic heterocycles. The van der Waals surface area contributed by atoms with E-state index in [4.69, 9.17) is 0 Å². The van der Waals surface area contributed by atoms with Crippen molar-refractivity contribution in [1.29, 1.82) is 0 Å². The smallest absolute Gasteiger partial charge is 0.191 e. The van der Waals surface area contributed by atoms with Crippen molar-refractivity contribution in [2.45, 2.75) is 11.7 Å². The van der Waals surface area contributed by atoms with Crippen molar-refractivity contribution in [2.24, 2.45) is 7.05 Å². The molecular weight excluding hydrogens is 346 g/mol. The summed E-state index contributed by atoms with van der Waals surface area (Å²) in [6.45, 7) is 0.581. The Labute approximate surface area is 154 Å². The predicted molar refractivity (Wildman–Crippen MR) is 101 cm³/mol. The molecule has 0 saturated carbocycles. The summed E-state index contributed by atoms with van der Waals surface area (Å²) in [7, 11) is 1.92. The van der Waals surface area contributed by atoms with Crippen molar-refractivity contribution in [2.75, 3.05) is 5.75 Å². The van der Waals surface area contributed by atoms with Gasteiger partial charge in [0.15, 0.2) is 16.8 Å². The first-order valence-electron chi connectivity index (χ1n) is 8.21. The number of para-hydroxylation sites is 2. The molecule has 6 nitrogen and oxygen atoms in total. The second kappa shape index (κ2) is 7.13. The highest BCUT2D eigenvalue weighted by atomic mass is 32.2. The van der Waals surface area contributed by atoms with Gasteiger partial charge in [-0.2, -0.15) is 0 Å². The normalized spacial score (nSPS) is 11.1. The number of thioether (sulfide) groups is 1. The summed E-state index contributed by atoms with van der Waals surface area (Å²) >= 11 is 1.40. The first-order chi connectivity index (χ1) is 12.7. The maximum absolute atomic E-state index is 12.2. The van der Waals surface area contributed by atoms with Crippen molar-refractivity contribution in [3.05, 3.63) is 72.3 Å². The van der Waals surface area contributed by atoms with Gasteiger partial charge >= 0.3 is 0 Å². The summed E-state index contributed by atoms with van der Waals surface area (Å²) in [5.41, 5.74) is 2.73. The summed E-state index contributed by atoms with van der Waals surface area (Å²) in [6, 6.07) is 17.3. The standard InChI is InChI=1S/C19H17N5OS/c1-23-18(11-24-13-20-15-9-5-6-10-16(15)24)21-22-19(23)26-12-17(25)14-7-3-2-4-8-14/h2-10,13H,11-12H2,1H3. The van der Waals surface area contributed by atoms with Crippen LogP contribution in [0.3, 0.4) is 0 Å². The van der Waals surface area contributed by atoms with Crippen LogP contribution in [0.25, 0.3) is 11.0 Å². The van der Waals surface area contributed by atoms with Crippen molar-refractivity contribution < 1.29 is 4.79 Å². The van der Waals surface area contributed by atoms with Gasteiger partial charge in [-0.15, -0.1) is 10.2 Å². The molecule has 0 spiro atoms. The number of imidazole rings is 1. The average Bonchev–Trinajstić information content (AvgIpc) is 3.25. The number of aromatic nitrogens is 5. The van der Waals surface area contributed by atoms with Crippen LogP contribution in [0.4, 0.5) is 0 Å². The lowest BCUT2D eigenvalue weighted by atomic mass is 10.2. The minimum absolute atomic E-state index is 0.0840. The highest BCUT2D eigenvalue weighted by Crippen LogP contribution is 2.19. The molecule has 4 aromatic rings. The number of hydrogen-bond acceptors (Lipinski definition) is 5. The van der Waals surface area contributed by atoms with Crippen LogP contribution >= 0.6 is 11.8 Å². The largest absolute Gasteiger partial charge is 0.323 e. The van der Waals surface area contributed by atoms with Gasteiger partial charge in [-0.05, 0) is 12.1 Å². The van der Waals surface area contributed by atoms with E-state index in [9.17, 15) is 4.79 Å². The molecule has 0 fully saturated rings. The van der Waals surface area contributed by atoms with E-state index in [1.165, 1.54) is 11.8 Å². The van der Waals surface area contributed by atoms with Crippen LogP contribution in [0.5, 0.6) is 0 Å². The Morgan fingerprint density at radius 1 is 1.04 bits per heavy atom. The minimum Gasteiger partial charge on any atom is -0.323 e. The van der Waals surface area contributed by atoms with Crippen LogP contribution in [-0.4, -0.2) is 35.9 Å². The Morgan fingerprint density at radius 3 is 2.65 bits per heavy atom. The number of hydrogen-bond donors (Lipinski definition) is 0. The molecule has 2 heterocycles. The fourth-order valence-electron chi connectivity index (χ4n) is 2.73. The molecule has 2 aromatic carbocycles. The topological polar surface area (TPSA) is 65.6 Å². The first-order valence-corrected chi connectivity index (χ1v) is 9.20. The third-order valence-corrected chi connectivity index (χ3v) is 5.21. The number of nitrogens with zero attached hydrogens (tertiary/aromatic N) is 5. The molecule has 0 unspecified atom stereocenters. The predicted octanol–water partition coefficient (Wildman–Crippen LogP) is 3.19. The van der Waals surface area contributed by atoms with E-state index >= 15 is 0 Å². The third-order valence-electron chi connectivity index (χ3n) is 4.19. The average molecular weight is 363 g/mol. The maximum atomic E-state index is 12.2. The Balaban J connectivity index is 1.47. The molecule has 0 bridgehead atoms. The number of benzene rings is 2. The van der Waals surface area contributed by atoms with E-state index in [2.05, 4.69) is 15.2 Å². The molecule has 0 amide bonds. The Morgan fingerprint density at radius 2 is 1.81 bits per heavy atom. The van der Waals surface area contributed by atoms with Crippen molar-refractivity contribution >= 4 is 28.6 Å². The van der Waals surface area contributed by atoms with Gasteiger partial charge in [0, 0.05) is 12.6 Å². The molecule has 4 rings (SSSR count). The second-order valence-electron chi connectivity index (χ2n) is 5.90. The molecule has 0 aliphatic carbocycles. The number of rotatable bonds is 6. The fraction of sp³-hybridized carbons (Fsp3) is 0.158. The quantitative estimate of drug-likeness (QED) is 0.389. The zero-order chi connectivity index (χ0) is 17.9. The summed E-state index contributed by atoms with van der Waals surface area (Å²) in [5, 5.41) is 9.24. The number of ketones is 1. The highest BCUT2D eigenvalue weighted by molar-refractivity contribution is 7.99. The van der Waals surface area contributed by atoms with Gasteiger partial charge < -0.3 is 9.13 Å². The molecule has 0 aliphatic rings. The van der Waals surface area contributed by atoms with Crippen LogP contribution in [0.1, 0.15) is 16.2 Å². The van der Waals surface area contributed by atoms with E-state index in [0.717, 1.165) is 22.0 Å². The van der Waals surface area contributed by atoms with Gasteiger partial charge in [-0.25, -0.2) is 4.98 Å². The molecule has 0 atom stereocenters. The van der Waals surface area contributed by atoms with E-state index in [0.29, 0.717) is 17.9 Å². The first kappa shape index (κ1) is 16.5. The van der Waals surface area contributed by atoms with Crippen molar-refractivity contribution in [1.82, 2.24) is 24.3 Å². The van der Waals surface area contributed by atoms with Crippen molar-refractivity contribution in [3.8, 4) is 0 Å². The SMILES string of the molecule is Cn1c(Cn2cnc3ccccc32)nnc1SCC(=O)c1ccccc1. The number of carbonyl (C=O) groups is 1. The molecule has 2 aromatic heterocycles. The molecule has 0 radical (unpaired) electrons. The van der Waals surface area contributed by atoms with Crippen LogP contribution in [0, 0.1) is 0 Å². The molecule has 7 heteroatoms. The number of fused-ring (bicyclic) bond motifs is 1. The molecule has 26 heavy (non-hydrogen) atoms. The second-order valence-corrected chi connectivity index (χ2v) is 6.84. The number of carbonyl (C=O) groups excluding carboxylic acids is 1. The number of Topliss-reactive ketones (excluding diaryl/α,β-unsaturated/α-hetero) is 1. The third kappa shape index (κ3) is 3.25. The molecule has 130 valence electrons. The van der Waals surface area contributed by atoms with Gasteiger partial charge in [-0.3, -0.25) is 4.79 Å². The van der Waals surface area contributed by atoms with Gasteiger partial charge in [0.25, 0.3) is 0 Å². The van der Waals surface area contributed by atoms with E-state index in [1.54, 1.807) is 0 Å². The summed E-state index contributed by atoms with van der Waals surface area (Å²) in [6.07, 6.45) is 1.81. The lowest BCUT2D eigenvalue weighted by molar-refractivity contribution is 0.102. The highest BCUT2D eigenvalue weighted by Gasteiger charge is 2.13. The van der Waals surface area contributed by atoms with Gasteiger partial charge in [-0.1, -0.05) is 54.2 Å². The zero-order valence-corrected chi connectivity index (χ0v) is 15.1. The molecular formula is C19H17N5OS. The van der Waals surface area contributed by atoms with Gasteiger partial charge in [0.1, 0.15) is 0 Å². The fourth-order valence-corrected chi connectivity index (χ4v) is 3.56. The van der Waals surface area contributed by atoms with Crippen LogP contribution < -0.4 is 0 Å². The molecule has 0 N–H and O–H groups in total. The summed E-state index contributed by atoms with van der Waals surface area (Å²) < 4.78 is 3.97. The summed E-state index contributed by atoms with van der Waals surface area (Å²) in [5.74, 6) is 1.24. The van der Waals surface area contributed by atoms with Gasteiger partial charge in [0.05, 0.1) is 29.7 Å². The Kier molecular flexibility index (Phi) is 4.53. The van der Waals surface area contributed by atoms with E-state index < -0.39 is 0 Å². The lowest BCUT2D eigenvalue weighted by Gasteiger charge is -2.05. The monoisotopic (exact) mass is 363 g/mol. The van der Waals surface area contributed by atoms with Crippen molar-refractivity contribution in [3.63, 3.8) is 0 Å². The van der Waals surface area contributed by atoms with Crippen LogP contribution in [-0.2, 0) is 13.6 Å². The maximum Gasteiger partial charge on any atom is 0.191 e. The Hall–Kier alpha value is -2.93. The zero-order valence-electron chi connectivity index (χ0n) is 14.2. The Bertz CT molecular complexity index is 1050. The van der Waals surface area contributed by atoms with E-state index in [-0.39, 0.29) is 5.78 Å². The summed E-state index contributed by atoms with van der Waals surface area (Å²) in [4.78, 5) is 16.6. The van der Waals surface area contributed by atoms with Crippen LogP contribution in [0.15, 0.2) is 66.1 Å². The van der Waals surface area contributed by atoms with Crippen LogP contribution in [0.2, 0.25) is 0 Å². The van der Waals surface area contributed by atoms with E-state index in [1.807, 2.05) is 77.1 Å².